The van der Waals surface area contributed by atoms with Crippen LogP contribution in [0.25, 0.3) is 0 Å². The smallest absolute Gasteiger partial charge is 0.225 e. The summed E-state index contributed by atoms with van der Waals surface area (Å²) in [7, 11) is 0. The molecule has 6 heteroatoms. The number of hydrogen-bond donors (Lipinski definition) is 1. The van der Waals surface area contributed by atoms with Crippen LogP contribution >= 0.6 is 0 Å². The van der Waals surface area contributed by atoms with Crippen LogP contribution in [0, 0.1) is 17.2 Å². The number of amides is 1. The van der Waals surface area contributed by atoms with E-state index in [0.29, 0.717) is 17.4 Å². The maximum atomic E-state index is 12.4. The molecule has 1 N–H and O–H groups in total. The van der Waals surface area contributed by atoms with Gasteiger partial charge in [0.05, 0.1) is 12.4 Å². The van der Waals surface area contributed by atoms with Gasteiger partial charge in [0.1, 0.15) is 11.9 Å². The molecule has 0 aromatic carbocycles. The molecular weight excluding hydrogens is 266 g/mol. The van der Waals surface area contributed by atoms with Crippen LogP contribution in [0.15, 0.2) is 12.4 Å². The number of anilines is 1. The normalized spacial score (nSPS) is 22.2. The molecule has 1 saturated carbocycles. The summed E-state index contributed by atoms with van der Waals surface area (Å²) < 4.78 is 0. The quantitative estimate of drug-likeness (QED) is 0.911. The van der Waals surface area contributed by atoms with Gasteiger partial charge in [-0.3, -0.25) is 4.79 Å². The van der Waals surface area contributed by atoms with E-state index >= 15 is 0 Å². The molecule has 21 heavy (non-hydrogen) atoms. The monoisotopic (exact) mass is 285 g/mol. The molecule has 1 aromatic heterocycles. The predicted molar refractivity (Wildman–Crippen MR) is 77.3 cm³/mol. The molecule has 1 aliphatic carbocycles. The van der Waals surface area contributed by atoms with E-state index in [4.69, 9.17) is 5.26 Å². The van der Waals surface area contributed by atoms with Gasteiger partial charge in [0, 0.05) is 25.0 Å². The van der Waals surface area contributed by atoms with Crippen molar-refractivity contribution in [2.24, 2.45) is 5.92 Å². The number of hydrogen-bond acceptors (Lipinski definition) is 5. The van der Waals surface area contributed by atoms with Gasteiger partial charge >= 0.3 is 0 Å². The molecule has 1 aliphatic heterocycles. The first-order valence-corrected chi connectivity index (χ1v) is 7.54. The van der Waals surface area contributed by atoms with E-state index in [1.165, 1.54) is 19.0 Å². The lowest BCUT2D eigenvalue weighted by atomic mass is 10.1. The number of nitriles is 1. The summed E-state index contributed by atoms with van der Waals surface area (Å²) in [5, 5.41) is 12.0. The minimum absolute atomic E-state index is 0.220. The molecule has 2 fully saturated rings. The van der Waals surface area contributed by atoms with Crippen molar-refractivity contribution in [1.29, 1.82) is 5.26 Å². The molecule has 2 heterocycles. The summed E-state index contributed by atoms with van der Waals surface area (Å²) in [6.07, 6.45) is 8.43. The number of nitrogens with one attached hydrogen (secondary N) is 1. The third-order valence-corrected chi connectivity index (χ3v) is 4.32. The fourth-order valence-electron chi connectivity index (χ4n) is 3.18. The van der Waals surface area contributed by atoms with Crippen molar-refractivity contribution < 1.29 is 4.79 Å². The average molecular weight is 285 g/mol. The first-order valence-electron chi connectivity index (χ1n) is 7.54. The van der Waals surface area contributed by atoms with Crippen LogP contribution in [0.2, 0.25) is 0 Å². The Labute approximate surface area is 124 Å². The Bertz CT molecular complexity index is 544. The molecular formula is C15H19N5O. The number of carbonyl (C=O) groups is 1. The van der Waals surface area contributed by atoms with Gasteiger partial charge in [-0.2, -0.15) is 5.26 Å². The Hall–Kier alpha value is -2.16. The first kappa shape index (κ1) is 13.8. The van der Waals surface area contributed by atoms with Crippen molar-refractivity contribution in [1.82, 2.24) is 14.9 Å². The molecule has 1 aromatic rings. The highest BCUT2D eigenvalue weighted by molar-refractivity contribution is 5.79. The second-order valence-electron chi connectivity index (χ2n) is 5.79. The zero-order chi connectivity index (χ0) is 14.7. The minimum Gasteiger partial charge on any atom is -0.364 e. The van der Waals surface area contributed by atoms with Crippen LogP contribution in [-0.2, 0) is 4.79 Å². The summed E-state index contributed by atoms with van der Waals surface area (Å²) in [5.74, 6) is 1.23. The van der Waals surface area contributed by atoms with Crippen LogP contribution in [0.4, 0.5) is 5.82 Å². The number of likely N-dealkylation sites (tertiary alicyclic amines) is 1. The Kier molecular flexibility index (Phi) is 4.00. The van der Waals surface area contributed by atoms with Gasteiger partial charge in [-0.1, -0.05) is 12.8 Å². The molecule has 1 amide bonds. The van der Waals surface area contributed by atoms with Gasteiger partial charge < -0.3 is 10.2 Å². The predicted octanol–water partition coefficient (Wildman–Crippen LogP) is 1.55. The van der Waals surface area contributed by atoms with Crippen molar-refractivity contribution in [2.75, 3.05) is 18.4 Å². The maximum absolute atomic E-state index is 12.4. The summed E-state index contributed by atoms with van der Waals surface area (Å²) in [6.45, 7) is 1.55. The van der Waals surface area contributed by atoms with Crippen LogP contribution in [0.5, 0.6) is 0 Å². The van der Waals surface area contributed by atoms with E-state index in [9.17, 15) is 4.79 Å². The Morgan fingerprint density at radius 1 is 1.29 bits per heavy atom. The van der Waals surface area contributed by atoms with E-state index in [0.717, 1.165) is 32.4 Å². The number of nitrogens with zero attached hydrogens (tertiary/aromatic N) is 4. The molecule has 110 valence electrons. The summed E-state index contributed by atoms with van der Waals surface area (Å²) in [6, 6.07) is 2.17. The van der Waals surface area contributed by atoms with Crippen LogP contribution in [-0.4, -0.2) is 39.9 Å². The van der Waals surface area contributed by atoms with Gasteiger partial charge in [0.25, 0.3) is 0 Å². The standard InChI is InChI=1S/C15H19N5O/c16-7-13-8-18-14(9-17-13)19-12-5-6-20(10-12)15(21)11-3-1-2-4-11/h8-9,11-12H,1-6,10H2,(H,18,19). The summed E-state index contributed by atoms with van der Waals surface area (Å²) >= 11 is 0. The highest BCUT2D eigenvalue weighted by Crippen LogP contribution is 2.28. The van der Waals surface area contributed by atoms with Crippen molar-refractivity contribution >= 4 is 11.7 Å². The summed E-state index contributed by atoms with van der Waals surface area (Å²) in [4.78, 5) is 22.5. The Morgan fingerprint density at radius 3 is 2.76 bits per heavy atom. The molecule has 6 nitrogen and oxygen atoms in total. The van der Waals surface area contributed by atoms with Gasteiger partial charge in [-0.05, 0) is 19.3 Å². The Morgan fingerprint density at radius 2 is 2.10 bits per heavy atom. The molecule has 1 atom stereocenters. The number of rotatable bonds is 3. The fraction of sp³-hybridized carbons (Fsp3) is 0.600. The zero-order valence-corrected chi connectivity index (χ0v) is 12.0. The fourth-order valence-corrected chi connectivity index (χ4v) is 3.18. The lowest BCUT2D eigenvalue weighted by Gasteiger charge is -2.20. The number of carbonyl (C=O) groups excluding carboxylic acids is 1. The van der Waals surface area contributed by atoms with Crippen molar-refractivity contribution in [2.45, 2.75) is 38.1 Å². The molecule has 0 radical (unpaired) electrons. The third-order valence-electron chi connectivity index (χ3n) is 4.32. The first-order chi connectivity index (χ1) is 10.3. The summed E-state index contributed by atoms with van der Waals surface area (Å²) in [5.41, 5.74) is 0.310. The van der Waals surface area contributed by atoms with E-state index in [1.54, 1.807) is 6.20 Å². The highest BCUT2D eigenvalue weighted by Gasteiger charge is 2.32. The van der Waals surface area contributed by atoms with Gasteiger partial charge in [0.15, 0.2) is 5.69 Å². The highest BCUT2D eigenvalue weighted by atomic mass is 16.2. The van der Waals surface area contributed by atoms with Crippen molar-refractivity contribution in [3.63, 3.8) is 0 Å². The second-order valence-corrected chi connectivity index (χ2v) is 5.79. The van der Waals surface area contributed by atoms with E-state index in [-0.39, 0.29) is 12.0 Å². The van der Waals surface area contributed by atoms with Gasteiger partial charge in [0.2, 0.25) is 5.91 Å². The lowest BCUT2D eigenvalue weighted by molar-refractivity contribution is -0.134. The van der Waals surface area contributed by atoms with Gasteiger partial charge in [-0.15, -0.1) is 0 Å². The van der Waals surface area contributed by atoms with E-state index in [2.05, 4.69) is 15.3 Å². The SMILES string of the molecule is N#Cc1cnc(NC2CCN(C(=O)C3CCCC3)C2)cn1. The average Bonchev–Trinajstić information content (AvgIpc) is 3.19. The minimum atomic E-state index is 0.220. The Balaban J connectivity index is 1.54. The van der Waals surface area contributed by atoms with Crippen LogP contribution in [0.3, 0.4) is 0 Å². The molecule has 1 unspecified atom stereocenters. The largest absolute Gasteiger partial charge is 0.364 e. The van der Waals surface area contributed by atoms with Gasteiger partial charge in [-0.25, -0.2) is 9.97 Å². The van der Waals surface area contributed by atoms with E-state index in [1.807, 2.05) is 11.0 Å². The van der Waals surface area contributed by atoms with Crippen LogP contribution < -0.4 is 5.32 Å². The molecule has 0 spiro atoms. The van der Waals surface area contributed by atoms with Crippen LogP contribution in [0.1, 0.15) is 37.8 Å². The maximum Gasteiger partial charge on any atom is 0.225 e. The number of aromatic nitrogens is 2. The molecule has 1 saturated heterocycles. The topological polar surface area (TPSA) is 81.9 Å². The lowest BCUT2D eigenvalue weighted by Crippen LogP contribution is -2.35. The molecule has 2 aliphatic rings. The van der Waals surface area contributed by atoms with Crippen molar-refractivity contribution in [3.05, 3.63) is 18.1 Å². The molecule has 3 rings (SSSR count). The van der Waals surface area contributed by atoms with E-state index < -0.39 is 0 Å². The van der Waals surface area contributed by atoms with Crippen molar-refractivity contribution in [3.8, 4) is 6.07 Å². The molecule has 0 bridgehead atoms. The zero-order valence-electron chi connectivity index (χ0n) is 12.0. The third kappa shape index (κ3) is 3.13. The second kappa shape index (κ2) is 6.08.